The van der Waals surface area contributed by atoms with Crippen molar-refractivity contribution in [2.45, 2.75) is 12.4 Å². The summed E-state index contributed by atoms with van der Waals surface area (Å²) >= 11 is 0. The maximum absolute atomic E-state index is 14.1. The topological polar surface area (TPSA) is 46.5 Å². The molecule has 234 valence electrons. The highest BCUT2D eigenvalue weighted by molar-refractivity contribution is 6.12. The van der Waals surface area contributed by atoms with E-state index >= 15 is 0 Å². The maximum atomic E-state index is 14.1. The largest absolute Gasteiger partial charge is 0.416 e. The molecule has 0 fully saturated rings. The van der Waals surface area contributed by atoms with Gasteiger partial charge in [-0.25, -0.2) is 0 Å². The SMILES string of the molecule is N#Cc1ccc(-c2c(-n3c4ccccc4c4ccc(C(F)(F)F)cc43)cncc2-n2c3ccccc3c3ccc(C(F)(F)F)cc32)cc1. The lowest BCUT2D eigenvalue weighted by Gasteiger charge is -2.20. The molecule has 0 aliphatic rings. The molecule has 0 atom stereocenters. The summed E-state index contributed by atoms with van der Waals surface area (Å²) in [5.41, 5.74) is 2.39. The molecule has 0 amide bonds. The second-order valence-corrected chi connectivity index (χ2v) is 11.4. The molecule has 0 radical (unpaired) electrons. The summed E-state index contributed by atoms with van der Waals surface area (Å²) in [7, 11) is 0. The summed E-state index contributed by atoms with van der Waals surface area (Å²) in [6.45, 7) is 0. The van der Waals surface area contributed by atoms with Crippen LogP contribution in [-0.2, 0) is 12.4 Å². The van der Waals surface area contributed by atoms with E-state index in [4.69, 9.17) is 0 Å². The summed E-state index contributed by atoms with van der Waals surface area (Å²) in [5.74, 6) is 0. The molecule has 0 aliphatic carbocycles. The van der Waals surface area contributed by atoms with E-state index in [2.05, 4.69) is 11.1 Å². The van der Waals surface area contributed by atoms with Crippen LogP contribution in [0.1, 0.15) is 16.7 Å². The van der Waals surface area contributed by atoms with Gasteiger partial charge in [-0.15, -0.1) is 0 Å². The van der Waals surface area contributed by atoms with Gasteiger partial charge >= 0.3 is 12.4 Å². The molecule has 0 saturated heterocycles. The van der Waals surface area contributed by atoms with E-state index in [1.54, 1.807) is 69.8 Å². The Hall–Kier alpha value is -6.08. The number of fused-ring (bicyclic) bond motifs is 6. The molecule has 48 heavy (non-hydrogen) atoms. The van der Waals surface area contributed by atoms with Crippen LogP contribution in [0.5, 0.6) is 0 Å². The van der Waals surface area contributed by atoms with Crippen LogP contribution < -0.4 is 0 Å². The standard InChI is InChI=1S/C38H20F6N4/c39-37(40,41)24-13-15-28-26-5-1-3-7-30(26)47(32(28)17-24)34-20-46-21-35(36(34)23-11-9-22(19-45)10-12-23)48-31-8-4-2-6-27(31)29-16-14-25(18-33(29)48)38(42,43)44/h1-18,20-21H. The van der Waals surface area contributed by atoms with Crippen molar-refractivity contribution >= 4 is 43.6 Å². The molecule has 10 heteroatoms. The van der Waals surface area contributed by atoms with Gasteiger partial charge in [0.25, 0.3) is 0 Å². The summed E-state index contributed by atoms with van der Waals surface area (Å²) in [6.07, 6.45) is -6.13. The summed E-state index contributed by atoms with van der Waals surface area (Å²) < 4.78 is 87.7. The third-order valence-corrected chi connectivity index (χ3v) is 8.69. The van der Waals surface area contributed by atoms with Crippen molar-refractivity contribution in [1.82, 2.24) is 14.1 Å². The number of alkyl halides is 6. The van der Waals surface area contributed by atoms with E-state index < -0.39 is 23.5 Å². The number of nitriles is 1. The molecular formula is C38H20F6N4. The molecule has 0 saturated carbocycles. The number of halogens is 6. The maximum Gasteiger partial charge on any atom is 0.416 e. The predicted molar refractivity (Wildman–Crippen MR) is 173 cm³/mol. The van der Waals surface area contributed by atoms with Crippen molar-refractivity contribution in [2.75, 3.05) is 0 Å². The first kappa shape index (κ1) is 29.3. The molecule has 0 bridgehead atoms. The molecule has 8 aromatic rings. The van der Waals surface area contributed by atoms with Gasteiger partial charge in [0.2, 0.25) is 0 Å². The van der Waals surface area contributed by atoms with E-state index in [9.17, 15) is 31.6 Å². The Morgan fingerprint density at radius 1 is 0.521 bits per heavy atom. The van der Waals surface area contributed by atoms with Crippen LogP contribution in [-0.4, -0.2) is 14.1 Å². The number of hydrogen-bond acceptors (Lipinski definition) is 2. The van der Waals surface area contributed by atoms with Crippen molar-refractivity contribution in [3.8, 4) is 28.6 Å². The average molecular weight is 647 g/mol. The van der Waals surface area contributed by atoms with Gasteiger partial charge in [0, 0.05) is 27.1 Å². The lowest BCUT2D eigenvalue weighted by atomic mass is 10.0. The number of rotatable bonds is 3. The van der Waals surface area contributed by atoms with E-state index in [0.717, 1.165) is 24.3 Å². The highest BCUT2D eigenvalue weighted by atomic mass is 19.4. The van der Waals surface area contributed by atoms with Gasteiger partial charge in [-0.2, -0.15) is 31.6 Å². The number of nitrogens with zero attached hydrogens (tertiary/aromatic N) is 4. The number of benzene rings is 5. The number of para-hydroxylation sites is 2. The number of hydrogen-bond donors (Lipinski definition) is 0. The summed E-state index contributed by atoms with van der Waals surface area (Å²) in [6, 6.07) is 30.4. The lowest BCUT2D eigenvalue weighted by Crippen LogP contribution is -2.07. The van der Waals surface area contributed by atoms with Crippen LogP contribution >= 0.6 is 0 Å². The monoisotopic (exact) mass is 646 g/mol. The van der Waals surface area contributed by atoms with Gasteiger partial charge in [-0.3, -0.25) is 4.98 Å². The Labute approximate surface area is 268 Å². The normalized spacial score (nSPS) is 12.4. The molecule has 0 unspecified atom stereocenters. The zero-order valence-corrected chi connectivity index (χ0v) is 24.6. The van der Waals surface area contributed by atoms with Crippen LogP contribution in [0.3, 0.4) is 0 Å². The summed E-state index contributed by atoms with van der Waals surface area (Å²) in [5, 5.41) is 12.1. The minimum atomic E-state index is -4.61. The fraction of sp³-hybridized carbons (Fsp3) is 0.0526. The lowest BCUT2D eigenvalue weighted by molar-refractivity contribution is -0.138. The highest BCUT2D eigenvalue weighted by Crippen LogP contribution is 2.43. The first-order chi connectivity index (χ1) is 23.0. The van der Waals surface area contributed by atoms with Crippen molar-refractivity contribution in [3.63, 3.8) is 0 Å². The Balaban J connectivity index is 1.55. The van der Waals surface area contributed by atoms with Gasteiger partial charge in [0.1, 0.15) is 0 Å². The first-order valence-corrected chi connectivity index (χ1v) is 14.7. The predicted octanol–water partition coefficient (Wildman–Crippen LogP) is 10.9. The molecule has 5 aromatic carbocycles. The van der Waals surface area contributed by atoms with Crippen LogP contribution in [0.4, 0.5) is 26.3 Å². The van der Waals surface area contributed by atoms with Gasteiger partial charge in [-0.05, 0) is 54.1 Å². The van der Waals surface area contributed by atoms with Crippen molar-refractivity contribution in [2.24, 2.45) is 0 Å². The van der Waals surface area contributed by atoms with Crippen molar-refractivity contribution in [3.05, 3.63) is 138 Å². The Bertz CT molecular complexity index is 2450. The highest BCUT2D eigenvalue weighted by Gasteiger charge is 2.33. The first-order valence-electron chi connectivity index (χ1n) is 14.7. The smallest absolute Gasteiger partial charge is 0.307 e. The molecule has 8 rings (SSSR count). The zero-order chi connectivity index (χ0) is 33.4. The number of aromatic nitrogens is 3. The van der Waals surface area contributed by atoms with E-state index in [-0.39, 0.29) is 11.0 Å². The average Bonchev–Trinajstić information content (AvgIpc) is 3.59. The van der Waals surface area contributed by atoms with Crippen LogP contribution in [0.25, 0.3) is 66.1 Å². The van der Waals surface area contributed by atoms with Gasteiger partial charge in [0.05, 0.1) is 68.6 Å². The van der Waals surface area contributed by atoms with E-state index in [1.165, 1.54) is 24.5 Å². The van der Waals surface area contributed by atoms with Gasteiger partial charge in [0.15, 0.2) is 0 Å². The second-order valence-electron chi connectivity index (χ2n) is 11.4. The molecule has 0 aliphatic heterocycles. The fourth-order valence-corrected chi connectivity index (χ4v) is 6.60. The Morgan fingerprint density at radius 2 is 0.958 bits per heavy atom. The minimum Gasteiger partial charge on any atom is -0.307 e. The number of pyridine rings is 1. The van der Waals surface area contributed by atoms with Gasteiger partial charge in [-0.1, -0.05) is 60.7 Å². The van der Waals surface area contributed by atoms with Crippen molar-refractivity contribution in [1.29, 1.82) is 5.26 Å². The third kappa shape index (κ3) is 4.50. The van der Waals surface area contributed by atoms with Crippen LogP contribution in [0.2, 0.25) is 0 Å². The Kier molecular flexibility index (Phi) is 6.40. The van der Waals surface area contributed by atoms with Crippen LogP contribution in [0, 0.1) is 11.3 Å². The molecule has 0 N–H and O–H groups in total. The molecule has 3 heterocycles. The summed E-state index contributed by atoms with van der Waals surface area (Å²) in [4.78, 5) is 4.55. The van der Waals surface area contributed by atoms with E-state index in [0.29, 0.717) is 60.6 Å². The minimum absolute atomic E-state index is 0.279. The molecular weight excluding hydrogens is 626 g/mol. The van der Waals surface area contributed by atoms with Gasteiger partial charge < -0.3 is 9.13 Å². The molecule has 4 nitrogen and oxygen atoms in total. The molecule has 3 aromatic heterocycles. The molecule has 0 spiro atoms. The zero-order valence-electron chi connectivity index (χ0n) is 24.6. The van der Waals surface area contributed by atoms with Crippen molar-refractivity contribution < 1.29 is 26.3 Å². The quantitative estimate of drug-likeness (QED) is 0.179. The van der Waals surface area contributed by atoms with Crippen LogP contribution in [0.15, 0.2) is 122 Å². The van der Waals surface area contributed by atoms with E-state index in [1.807, 2.05) is 12.1 Å². The fourth-order valence-electron chi connectivity index (χ4n) is 6.60. The Morgan fingerprint density at radius 3 is 1.40 bits per heavy atom. The second kappa shape index (κ2) is 10.5. The third-order valence-electron chi connectivity index (χ3n) is 8.69.